The Balaban J connectivity index is 2.10. The Morgan fingerprint density at radius 2 is 2.09 bits per heavy atom. The van der Waals surface area contributed by atoms with Gasteiger partial charge in [-0.15, -0.1) is 0 Å². The Kier molecular flexibility index (Phi) is 5.74. The van der Waals surface area contributed by atoms with Crippen LogP contribution in [0.15, 0.2) is 12.1 Å². The van der Waals surface area contributed by atoms with E-state index in [0.29, 0.717) is 24.0 Å². The summed E-state index contributed by atoms with van der Waals surface area (Å²) in [6.07, 6.45) is 2.92. The molecule has 1 aliphatic rings. The van der Waals surface area contributed by atoms with Crippen molar-refractivity contribution in [2.45, 2.75) is 59.5 Å². The zero-order valence-electron chi connectivity index (χ0n) is 14.5. The molecule has 2 unspecified atom stereocenters. The second-order valence-electron chi connectivity index (χ2n) is 7.38. The van der Waals surface area contributed by atoms with Gasteiger partial charge in [-0.3, -0.25) is 4.79 Å². The fraction of sp³-hybridized carbons (Fsp3) is 0.632. The van der Waals surface area contributed by atoms with Gasteiger partial charge in [0, 0.05) is 16.9 Å². The van der Waals surface area contributed by atoms with Gasteiger partial charge in [0.1, 0.15) is 11.9 Å². The number of hydrogen-bond donors (Lipinski definition) is 1. The second-order valence-corrected chi connectivity index (χ2v) is 7.78. The van der Waals surface area contributed by atoms with Crippen molar-refractivity contribution in [2.24, 2.45) is 11.3 Å². The molecule has 0 aromatic heterocycles. The van der Waals surface area contributed by atoms with E-state index in [-0.39, 0.29) is 11.5 Å². The van der Waals surface area contributed by atoms with Crippen molar-refractivity contribution >= 4 is 17.4 Å². The SMILES string of the molecule is CCC(C)CCc1cc(Cl)c(CC2OCC(C)(C)C2=O)cc1O. The highest BCUT2D eigenvalue weighted by molar-refractivity contribution is 6.31. The summed E-state index contributed by atoms with van der Waals surface area (Å²) in [6.45, 7) is 8.60. The summed E-state index contributed by atoms with van der Waals surface area (Å²) in [5.74, 6) is 0.992. The maximum absolute atomic E-state index is 12.3. The zero-order valence-corrected chi connectivity index (χ0v) is 15.2. The Morgan fingerprint density at radius 3 is 2.65 bits per heavy atom. The molecule has 0 aliphatic carbocycles. The van der Waals surface area contributed by atoms with Crippen molar-refractivity contribution in [3.05, 3.63) is 28.3 Å². The number of carbonyl (C=O) groups is 1. The van der Waals surface area contributed by atoms with Crippen molar-refractivity contribution in [1.82, 2.24) is 0 Å². The molecule has 1 aromatic rings. The van der Waals surface area contributed by atoms with Gasteiger partial charge < -0.3 is 9.84 Å². The van der Waals surface area contributed by atoms with Gasteiger partial charge in [-0.25, -0.2) is 0 Å². The fourth-order valence-electron chi connectivity index (χ4n) is 2.85. The topological polar surface area (TPSA) is 46.5 Å². The number of phenolic OH excluding ortho intramolecular Hbond substituents is 1. The van der Waals surface area contributed by atoms with E-state index in [1.807, 2.05) is 19.9 Å². The summed E-state index contributed by atoms with van der Waals surface area (Å²) in [7, 11) is 0. The molecule has 0 saturated carbocycles. The van der Waals surface area contributed by atoms with Crippen LogP contribution in [-0.4, -0.2) is 23.6 Å². The van der Waals surface area contributed by atoms with Gasteiger partial charge in [-0.2, -0.15) is 0 Å². The molecule has 2 atom stereocenters. The third-order valence-electron chi connectivity index (χ3n) is 4.86. The minimum absolute atomic E-state index is 0.105. The van der Waals surface area contributed by atoms with Crippen molar-refractivity contribution in [2.75, 3.05) is 6.61 Å². The summed E-state index contributed by atoms with van der Waals surface area (Å²) in [6, 6.07) is 3.52. The first-order valence-corrected chi connectivity index (χ1v) is 8.78. The molecule has 2 rings (SSSR count). The Labute approximate surface area is 144 Å². The van der Waals surface area contributed by atoms with E-state index in [4.69, 9.17) is 16.3 Å². The van der Waals surface area contributed by atoms with Crippen LogP contribution in [0.25, 0.3) is 0 Å². The number of phenols is 1. The summed E-state index contributed by atoms with van der Waals surface area (Å²) in [5.41, 5.74) is 1.21. The van der Waals surface area contributed by atoms with Gasteiger partial charge in [-0.1, -0.05) is 45.7 Å². The number of aryl methyl sites for hydroxylation is 1. The Morgan fingerprint density at radius 1 is 1.39 bits per heavy atom. The van der Waals surface area contributed by atoms with Crippen molar-refractivity contribution in [1.29, 1.82) is 0 Å². The van der Waals surface area contributed by atoms with Crippen molar-refractivity contribution < 1.29 is 14.6 Å². The smallest absolute Gasteiger partial charge is 0.169 e. The fourth-order valence-corrected chi connectivity index (χ4v) is 3.12. The molecule has 0 spiro atoms. The number of rotatable bonds is 6. The monoisotopic (exact) mass is 338 g/mol. The van der Waals surface area contributed by atoms with Crippen LogP contribution >= 0.6 is 11.6 Å². The highest BCUT2D eigenvalue weighted by atomic mass is 35.5. The molecular weight excluding hydrogens is 312 g/mol. The number of ether oxygens (including phenoxy) is 1. The maximum atomic E-state index is 12.3. The van der Waals surface area contributed by atoms with E-state index in [1.54, 1.807) is 6.07 Å². The molecule has 1 aromatic carbocycles. The van der Waals surface area contributed by atoms with E-state index in [2.05, 4.69) is 13.8 Å². The summed E-state index contributed by atoms with van der Waals surface area (Å²) in [4.78, 5) is 12.3. The third-order valence-corrected chi connectivity index (χ3v) is 5.21. The lowest BCUT2D eigenvalue weighted by Gasteiger charge is -2.15. The molecule has 1 saturated heterocycles. The average Bonchev–Trinajstić information content (AvgIpc) is 2.75. The lowest BCUT2D eigenvalue weighted by molar-refractivity contribution is -0.126. The Bertz CT molecular complexity index is 580. The first-order chi connectivity index (χ1) is 10.7. The first-order valence-electron chi connectivity index (χ1n) is 8.40. The number of ketones is 1. The Hall–Kier alpha value is -1.06. The van der Waals surface area contributed by atoms with Gasteiger partial charge >= 0.3 is 0 Å². The van der Waals surface area contributed by atoms with Gasteiger partial charge in [0.15, 0.2) is 5.78 Å². The molecule has 128 valence electrons. The normalized spacial score (nSPS) is 21.6. The van der Waals surface area contributed by atoms with Crippen LogP contribution in [0.5, 0.6) is 5.75 Å². The summed E-state index contributed by atoms with van der Waals surface area (Å²) >= 11 is 6.37. The first kappa shape index (κ1) is 18.3. The molecule has 0 amide bonds. The standard InChI is InChI=1S/C19H27ClO3/c1-5-12(2)6-7-13-8-15(20)14(9-16(13)21)10-17-18(22)19(3,4)11-23-17/h8-9,12,17,21H,5-7,10-11H2,1-4H3. The predicted molar refractivity (Wildman–Crippen MR) is 93.1 cm³/mol. The van der Waals surface area contributed by atoms with Crippen LogP contribution in [0, 0.1) is 11.3 Å². The van der Waals surface area contributed by atoms with Gasteiger partial charge in [-0.05, 0) is 42.0 Å². The van der Waals surface area contributed by atoms with Gasteiger partial charge in [0.2, 0.25) is 0 Å². The van der Waals surface area contributed by atoms with E-state index in [1.165, 1.54) is 0 Å². The van der Waals surface area contributed by atoms with Crippen molar-refractivity contribution in [3.8, 4) is 5.75 Å². The highest BCUT2D eigenvalue weighted by Gasteiger charge is 2.41. The van der Waals surface area contributed by atoms with Gasteiger partial charge in [0.25, 0.3) is 0 Å². The number of hydrogen-bond acceptors (Lipinski definition) is 3. The van der Waals surface area contributed by atoms with Crippen LogP contribution in [0.4, 0.5) is 0 Å². The number of Topliss-reactive ketones (excluding diaryl/α,β-unsaturated/α-hetero) is 1. The number of carbonyl (C=O) groups excluding carboxylic acids is 1. The molecule has 1 aliphatic heterocycles. The second kappa shape index (κ2) is 7.23. The zero-order chi connectivity index (χ0) is 17.2. The lowest BCUT2D eigenvalue weighted by atomic mass is 9.87. The number of aromatic hydroxyl groups is 1. The minimum Gasteiger partial charge on any atom is -0.508 e. The number of halogens is 1. The van der Waals surface area contributed by atoms with Crippen LogP contribution < -0.4 is 0 Å². The molecular formula is C19H27ClO3. The third kappa shape index (κ3) is 4.27. The van der Waals surface area contributed by atoms with E-state index >= 15 is 0 Å². The molecule has 1 fully saturated rings. The van der Waals surface area contributed by atoms with Gasteiger partial charge in [0.05, 0.1) is 6.61 Å². The van der Waals surface area contributed by atoms with E-state index in [0.717, 1.165) is 30.4 Å². The van der Waals surface area contributed by atoms with E-state index < -0.39 is 11.5 Å². The average molecular weight is 339 g/mol. The molecule has 23 heavy (non-hydrogen) atoms. The maximum Gasteiger partial charge on any atom is 0.169 e. The van der Waals surface area contributed by atoms with Crippen LogP contribution in [0.2, 0.25) is 5.02 Å². The molecule has 1 heterocycles. The number of benzene rings is 1. The summed E-state index contributed by atoms with van der Waals surface area (Å²) in [5, 5.41) is 10.9. The molecule has 3 nitrogen and oxygen atoms in total. The quantitative estimate of drug-likeness (QED) is 0.827. The largest absolute Gasteiger partial charge is 0.508 e. The molecule has 1 N–H and O–H groups in total. The van der Waals surface area contributed by atoms with E-state index in [9.17, 15) is 9.90 Å². The summed E-state index contributed by atoms with van der Waals surface area (Å²) < 4.78 is 5.61. The van der Waals surface area contributed by atoms with Crippen molar-refractivity contribution in [3.63, 3.8) is 0 Å². The van der Waals surface area contributed by atoms with Crippen LogP contribution in [0.1, 0.15) is 51.7 Å². The van der Waals surface area contributed by atoms with Crippen LogP contribution in [-0.2, 0) is 22.4 Å². The van der Waals surface area contributed by atoms with Crippen LogP contribution in [0.3, 0.4) is 0 Å². The lowest BCUT2D eigenvalue weighted by Crippen LogP contribution is -2.27. The molecule has 0 bridgehead atoms. The molecule has 4 heteroatoms. The highest BCUT2D eigenvalue weighted by Crippen LogP contribution is 2.33. The minimum atomic E-state index is -0.465. The predicted octanol–water partition coefficient (Wildman–Crippen LogP) is 4.56. The molecule has 0 radical (unpaired) electrons.